The van der Waals surface area contributed by atoms with Crippen molar-refractivity contribution in [3.8, 4) is 0 Å². The lowest BCUT2D eigenvalue weighted by atomic mass is 10.1. The average Bonchev–Trinajstić information content (AvgIpc) is 3.16. The van der Waals surface area contributed by atoms with Crippen LogP contribution in [-0.2, 0) is 23.1 Å². The number of rotatable bonds is 6. The number of hydrogen-bond acceptors (Lipinski definition) is 4. The molecule has 0 aliphatic heterocycles. The van der Waals surface area contributed by atoms with E-state index in [4.69, 9.17) is 0 Å². The summed E-state index contributed by atoms with van der Waals surface area (Å²) in [4.78, 5) is 18.1. The fourth-order valence-electron chi connectivity index (χ4n) is 4.00. The number of amides is 1. The van der Waals surface area contributed by atoms with Gasteiger partial charge in [0.25, 0.3) is 5.91 Å². The molecule has 8 heteroatoms. The van der Waals surface area contributed by atoms with Crippen LogP contribution >= 0.6 is 11.3 Å². The molecule has 0 atom stereocenters. The molecule has 0 fully saturated rings. The number of sulfonamides is 1. The lowest BCUT2D eigenvalue weighted by Crippen LogP contribution is -2.26. The molecule has 176 valence electrons. The van der Waals surface area contributed by atoms with Crippen LogP contribution in [0.2, 0.25) is 0 Å². The van der Waals surface area contributed by atoms with Gasteiger partial charge < -0.3 is 4.57 Å². The zero-order chi connectivity index (χ0) is 24.5. The van der Waals surface area contributed by atoms with Crippen LogP contribution in [-0.4, -0.2) is 30.2 Å². The highest BCUT2D eigenvalue weighted by atomic mass is 32.2. The Morgan fingerprint density at radius 1 is 1.03 bits per heavy atom. The highest BCUT2D eigenvalue weighted by Crippen LogP contribution is 2.23. The quantitative estimate of drug-likeness (QED) is 0.383. The molecule has 0 bridgehead atoms. The minimum absolute atomic E-state index is 0.138. The topological polar surface area (TPSA) is 71.7 Å². The predicted octanol–water partition coefficient (Wildman–Crippen LogP) is 4.90. The maximum Gasteiger partial charge on any atom is 0.279 e. The van der Waals surface area contributed by atoms with Crippen LogP contribution in [0, 0.1) is 13.8 Å². The summed E-state index contributed by atoms with van der Waals surface area (Å²) in [5, 5.41) is 0. The third-order valence-electron chi connectivity index (χ3n) is 5.68. The van der Waals surface area contributed by atoms with Gasteiger partial charge in [0, 0.05) is 25.7 Å². The van der Waals surface area contributed by atoms with Gasteiger partial charge in [-0.1, -0.05) is 47.7 Å². The summed E-state index contributed by atoms with van der Waals surface area (Å²) < 4.78 is 30.4. The Hall–Kier alpha value is -3.07. The summed E-state index contributed by atoms with van der Waals surface area (Å²) in [6, 6.07) is 19.6. The highest BCUT2D eigenvalue weighted by molar-refractivity contribution is 7.89. The van der Waals surface area contributed by atoms with Crippen molar-refractivity contribution in [2.75, 3.05) is 7.05 Å². The second-order valence-corrected chi connectivity index (χ2v) is 11.3. The van der Waals surface area contributed by atoms with Crippen LogP contribution < -0.4 is 4.80 Å². The largest absolute Gasteiger partial charge is 0.316 e. The second kappa shape index (κ2) is 9.66. The summed E-state index contributed by atoms with van der Waals surface area (Å²) in [5.74, 6) is -0.398. The van der Waals surface area contributed by atoms with E-state index >= 15 is 0 Å². The van der Waals surface area contributed by atoms with E-state index in [1.165, 1.54) is 45.5 Å². The van der Waals surface area contributed by atoms with E-state index in [1.807, 2.05) is 41.8 Å². The average molecular weight is 494 g/mol. The molecule has 0 saturated heterocycles. The van der Waals surface area contributed by atoms with Gasteiger partial charge in [0.2, 0.25) is 10.0 Å². The second-order valence-electron chi connectivity index (χ2n) is 8.25. The first kappa shape index (κ1) is 24.1. The third-order valence-corrected chi connectivity index (χ3v) is 8.53. The van der Waals surface area contributed by atoms with Crippen molar-refractivity contribution in [1.82, 2.24) is 8.87 Å². The maximum absolute atomic E-state index is 13.0. The molecule has 0 unspecified atom stereocenters. The summed E-state index contributed by atoms with van der Waals surface area (Å²) in [6.45, 7) is 7.10. The molecule has 0 radical (unpaired) electrons. The predicted molar refractivity (Wildman–Crippen MR) is 136 cm³/mol. The van der Waals surface area contributed by atoms with Gasteiger partial charge in [-0.15, -0.1) is 0 Å². The zero-order valence-electron chi connectivity index (χ0n) is 19.6. The van der Waals surface area contributed by atoms with Crippen molar-refractivity contribution in [1.29, 1.82) is 0 Å². The van der Waals surface area contributed by atoms with Crippen LogP contribution in [0.5, 0.6) is 0 Å². The fourth-order valence-corrected chi connectivity index (χ4v) is 6.42. The number of benzene rings is 3. The minimum Gasteiger partial charge on any atom is -0.316 e. The molecule has 0 spiro atoms. The normalized spacial score (nSPS) is 12.6. The first-order chi connectivity index (χ1) is 16.2. The first-order valence-corrected chi connectivity index (χ1v) is 13.3. The van der Waals surface area contributed by atoms with Crippen LogP contribution in [0.15, 0.2) is 76.6 Å². The first-order valence-electron chi connectivity index (χ1n) is 11.0. The van der Waals surface area contributed by atoms with E-state index < -0.39 is 15.9 Å². The van der Waals surface area contributed by atoms with Crippen molar-refractivity contribution < 1.29 is 13.2 Å². The molecule has 6 nitrogen and oxygen atoms in total. The van der Waals surface area contributed by atoms with Gasteiger partial charge in [0.1, 0.15) is 0 Å². The van der Waals surface area contributed by atoms with Gasteiger partial charge in [-0.05, 0) is 67.8 Å². The molecule has 4 rings (SSSR count). The molecule has 3 aromatic carbocycles. The van der Waals surface area contributed by atoms with E-state index in [9.17, 15) is 13.2 Å². The number of carbonyl (C=O) groups excluding carboxylic acids is 1. The van der Waals surface area contributed by atoms with Gasteiger partial charge >= 0.3 is 0 Å². The van der Waals surface area contributed by atoms with Crippen LogP contribution in [0.4, 0.5) is 0 Å². The lowest BCUT2D eigenvalue weighted by Gasteiger charge is -2.17. The van der Waals surface area contributed by atoms with Crippen LogP contribution in [0.3, 0.4) is 0 Å². The molecule has 0 aliphatic rings. The molecule has 1 amide bonds. The Labute approximate surface area is 203 Å². The van der Waals surface area contributed by atoms with E-state index in [0.29, 0.717) is 16.9 Å². The molecule has 34 heavy (non-hydrogen) atoms. The number of thiazole rings is 1. The van der Waals surface area contributed by atoms with E-state index in [1.54, 1.807) is 7.05 Å². The molecular weight excluding hydrogens is 466 g/mol. The van der Waals surface area contributed by atoms with Gasteiger partial charge in [0.15, 0.2) is 4.80 Å². The van der Waals surface area contributed by atoms with E-state index in [0.717, 1.165) is 21.3 Å². The lowest BCUT2D eigenvalue weighted by molar-refractivity contribution is 0.0997. The number of fused-ring (bicyclic) bond motifs is 1. The van der Waals surface area contributed by atoms with Gasteiger partial charge in [-0.3, -0.25) is 4.79 Å². The summed E-state index contributed by atoms with van der Waals surface area (Å²) in [6.07, 6.45) is 0. The van der Waals surface area contributed by atoms with Gasteiger partial charge in [-0.25, -0.2) is 8.42 Å². The van der Waals surface area contributed by atoms with Gasteiger partial charge in [-0.2, -0.15) is 9.30 Å². The van der Waals surface area contributed by atoms with Crippen molar-refractivity contribution in [2.45, 2.75) is 38.8 Å². The van der Waals surface area contributed by atoms with Crippen LogP contribution in [0.25, 0.3) is 10.2 Å². The monoisotopic (exact) mass is 493 g/mol. The molecule has 0 aliphatic carbocycles. The Balaban J connectivity index is 1.62. The van der Waals surface area contributed by atoms with Crippen molar-refractivity contribution >= 4 is 37.5 Å². The van der Waals surface area contributed by atoms with E-state index in [2.05, 4.69) is 31.0 Å². The van der Waals surface area contributed by atoms with Crippen molar-refractivity contribution in [3.05, 3.63) is 93.8 Å². The maximum atomic E-state index is 13.0. The van der Waals surface area contributed by atoms with Gasteiger partial charge in [0.05, 0.1) is 15.1 Å². The molecule has 4 aromatic rings. The Kier molecular flexibility index (Phi) is 6.84. The number of hydrogen-bond donors (Lipinski definition) is 0. The molecule has 1 heterocycles. The van der Waals surface area contributed by atoms with Crippen molar-refractivity contribution in [3.63, 3.8) is 0 Å². The number of nitrogens with zero attached hydrogens (tertiary/aromatic N) is 3. The smallest absolute Gasteiger partial charge is 0.279 e. The fraction of sp³-hybridized carbons (Fsp3) is 0.231. The third kappa shape index (κ3) is 4.75. The van der Waals surface area contributed by atoms with Crippen molar-refractivity contribution in [2.24, 2.45) is 4.99 Å². The number of aryl methyl sites for hydroxylation is 3. The molecule has 0 N–H and O–H groups in total. The number of carbonyl (C=O) groups is 1. The summed E-state index contributed by atoms with van der Waals surface area (Å²) in [7, 11) is -2.14. The SMILES string of the molecule is CCn1c(=NC(=O)c2ccc(S(=O)(=O)N(C)Cc3ccccc3)cc2)sc2cc(C)cc(C)c21. The van der Waals surface area contributed by atoms with E-state index in [-0.39, 0.29) is 11.4 Å². The highest BCUT2D eigenvalue weighted by Gasteiger charge is 2.21. The summed E-state index contributed by atoms with van der Waals surface area (Å²) in [5.41, 5.74) is 4.65. The molecule has 1 aromatic heterocycles. The summed E-state index contributed by atoms with van der Waals surface area (Å²) >= 11 is 1.48. The Morgan fingerprint density at radius 3 is 2.35 bits per heavy atom. The zero-order valence-corrected chi connectivity index (χ0v) is 21.3. The molecule has 0 saturated carbocycles. The Morgan fingerprint density at radius 2 is 1.71 bits per heavy atom. The molecular formula is C26H27N3O3S2. The number of aromatic nitrogens is 1. The Bertz CT molecular complexity index is 1520. The van der Waals surface area contributed by atoms with Crippen LogP contribution in [0.1, 0.15) is 34.0 Å². The standard InChI is InChI=1S/C26H27N3O3S2/c1-5-29-24-19(3)15-18(2)16-23(24)33-26(29)27-25(30)21-11-13-22(14-12-21)34(31,32)28(4)17-20-9-7-6-8-10-20/h6-16H,5,17H2,1-4H3. The minimum atomic E-state index is -3.69.